The van der Waals surface area contributed by atoms with Gasteiger partial charge in [-0.1, -0.05) is 52.0 Å². The molecule has 3 aromatic rings. The standard InChI is InChI=1S/C22H30N4/c1-5-21(3,15-25-13-11-23-17-25)19-7-9-20(10-8-19)22(4,6-2)16-26-14-12-24-18-26/h7-14,17-18H,5-6,15-16H2,1-4H3/p+2. The quantitative estimate of drug-likeness (QED) is 0.581. The minimum atomic E-state index is 0.128. The van der Waals surface area contributed by atoms with Crippen LogP contribution in [0.4, 0.5) is 0 Å². The van der Waals surface area contributed by atoms with Crippen LogP contribution in [-0.2, 0) is 23.9 Å². The van der Waals surface area contributed by atoms with Crippen molar-refractivity contribution in [2.75, 3.05) is 0 Å². The maximum Gasteiger partial charge on any atom is 0.241 e. The Morgan fingerprint density at radius 2 is 1.12 bits per heavy atom. The molecule has 3 rings (SSSR count). The maximum absolute atomic E-state index is 3.14. The van der Waals surface area contributed by atoms with Gasteiger partial charge in [0.1, 0.15) is 24.8 Å². The zero-order valence-electron chi connectivity index (χ0n) is 16.5. The van der Waals surface area contributed by atoms with Crippen molar-refractivity contribution >= 4 is 0 Å². The Hall–Kier alpha value is -2.36. The molecular formula is C22H32N4+2. The molecule has 26 heavy (non-hydrogen) atoms. The summed E-state index contributed by atoms with van der Waals surface area (Å²) in [6.07, 6.45) is 14.4. The number of imidazole rings is 2. The molecule has 2 N–H and O–H groups in total. The van der Waals surface area contributed by atoms with Crippen molar-refractivity contribution in [1.29, 1.82) is 0 Å². The molecule has 1 aromatic carbocycles. The van der Waals surface area contributed by atoms with E-state index < -0.39 is 0 Å². The second-order valence-electron chi connectivity index (χ2n) is 7.97. The number of hydrogen-bond donors (Lipinski definition) is 2. The lowest BCUT2D eigenvalue weighted by molar-refractivity contribution is -0.703. The van der Waals surface area contributed by atoms with Gasteiger partial charge in [0.25, 0.3) is 0 Å². The second-order valence-corrected chi connectivity index (χ2v) is 7.97. The summed E-state index contributed by atoms with van der Waals surface area (Å²) in [6.45, 7) is 11.2. The summed E-state index contributed by atoms with van der Waals surface area (Å²) in [7, 11) is 0. The Kier molecular flexibility index (Phi) is 5.30. The molecule has 0 amide bonds. The predicted molar refractivity (Wildman–Crippen MR) is 104 cm³/mol. The SMILES string of the molecule is CCC(C)(C[n+]1cc[nH]c1)c1ccc(C(C)(CC)C[n+]2cc[nH]c2)cc1. The van der Waals surface area contributed by atoms with Crippen LogP contribution in [0.25, 0.3) is 0 Å². The Morgan fingerprint density at radius 3 is 1.38 bits per heavy atom. The van der Waals surface area contributed by atoms with E-state index >= 15 is 0 Å². The van der Waals surface area contributed by atoms with Gasteiger partial charge in [0.2, 0.25) is 12.7 Å². The van der Waals surface area contributed by atoms with Crippen molar-refractivity contribution < 1.29 is 9.13 Å². The van der Waals surface area contributed by atoms with Gasteiger partial charge in [0.05, 0.1) is 13.1 Å². The van der Waals surface area contributed by atoms with Gasteiger partial charge in [0, 0.05) is 10.8 Å². The summed E-state index contributed by atoms with van der Waals surface area (Å²) in [4.78, 5) is 6.29. The van der Waals surface area contributed by atoms with Crippen LogP contribution < -0.4 is 9.13 Å². The van der Waals surface area contributed by atoms with E-state index in [1.54, 1.807) is 0 Å². The maximum atomic E-state index is 3.14. The van der Waals surface area contributed by atoms with E-state index in [1.165, 1.54) is 11.1 Å². The Morgan fingerprint density at radius 1 is 0.731 bits per heavy atom. The number of nitrogens with one attached hydrogen (secondary N) is 2. The fraction of sp³-hybridized carbons (Fsp3) is 0.455. The van der Waals surface area contributed by atoms with Gasteiger partial charge in [-0.15, -0.1) is 0 Å². The van der Waals surface area contributed by atoms with Crippen molar-refractivity contribution in [3.8, 4) is 0 Å². The van der Waals surface area contributed by atoms with E-state index in [4.69, 9.17) is 0 Å². The number of aromatic amines is 2. The number of aromatic nitrogens is 4. The summed E-state index contributed by atoms with van der Waals surface area (Å²) < 4.78 is 4.46. The van der Waals surface area contributed by atoms with Crippen LogP contribution in [0, 0.1) is 0 Å². The first-order valence-electron chi connectivity index (χ1n) is 9.64. The molecule has 0 bridgehead atoms. The fourth-order valence-electron chi connectivity index (χ4n) is 3.73. The molecule has 0 aliphatic rings. The first kappa shape index (κ1) is 18.4. The van der Waals surface area contributed by atoms with Crippen LogP contribution >= 0.6 is 0 Å². The molecule has 0 radical (unpaired) electrons. The van der Waals surface area contributed by atoms with E-state index in [9.17, 15) is 0 Å². The first-order valence-corrected chi connectivity index (χ1v) is 9.64. The molecule has 2 atom stereocenters. The number of hydrogen-bond acceptors (Lipinski definition) is 0. The number of rotatable bonds is 8. The molecule has 0 saturated carbocycles. The zero-order valence-corrected chi connectivity index (χ0v) is 16.5. The highest BCUT2D eigenvalue weighted by atomic mass is 15.0. The summed E-state index contributed by atoms with van der Waals surface area (Å²) in [5, 5.41) is 0. The fourth-order valence-corrected chi connectivity index (χ4v) is 3.73. The smallest absolute Gasteiger partial charge is 0.241 e. The highest BCUT2D eigenvalue weighted by Gasteiger charge is 2.30. The van der Waals surface area contributed by atoms with Gasteiger partial charge in [-0.3, -0.25) is 9.97 Å². The topological polar surface area (TPSA) is 39.3 Å². The molecular weight excluding hydrogens is 320 g/mol. The highest BCUT2D eigenvalue weighted by molar-refractivity contribution is 5.32. The molecule has 2 aromatic heterocycles. The van der Waals surface area contributed by atoms with Crippen LogP contribution in [0.2, 0.25) is 0 Å². The van der Waals surface area contributed by atoms with Crippen LogP contribution in [-0.4, -0.2) is 9.97 Å². The van der Waals surface area contributed by atoms with Gasteiger partial charge in [-0.05, 0) is 24.0 Å². The van der Waals surface area contributed by atoms with Crippen molar-refractivity contribution in [3.63, 3.8) is 0 Å². The molecule has 4 heteroatoms. The molecule has 0 aliphatic heterocycles. The van der Waals surface area contributed by atoms with Gasteiger partial charge in [-0.25, -0.2) is 9.13 Å². The lowest BCUT2D eigenvalue weighted by Gasteiger charge is -2.30. The van der Waals surface area contributed by atoms with Crippen molar-refractivity contribution in [1.82, 2.24) is 9.97 Å². The number of nitrogens with zero attached hydrogens (tertiary/aromatic N) is 2. The van der Waals surface area contributed by atoms with E-state index in [0.29, 0.717) is 0 Å². The normalized spacial score (nSPS) is 16.2. The van der Waals surface area contributed by atoms with Crippen LogP contribution in [0.15, 0.2) is 61.7 Å². The van der Waals surface area contributed by atoms with Crippen molar-refractivity contribution in [3.05, 3.63) is 72.8 Å². The summed E-state index contributed by atoms with van der Waals surface area (Å²) in [5.74, 6) is 0. The van der Waals surface area contributed by atoms with E-state index in [-0.39, 0.29) is 10.8 Å². The minimum absolute atomic E-state index is 0.128. The van der Waals surface area contributed by atoms with Crippen LogP contribution in [0.1, 0.15) is 51.7 Å². The van der Waals surface area contributed by atoms with Crippen LogP contribution in [0.3, 0.4) is 0 Å². The Labute approximate surface area is 156 Å². The molecule has 4 nitrogen and oxygen atoms in total. The minimum Gasteiger partial charge on any atom is -0.250 e. The summed E-state index contributed by atoms with van der Waals surface area (Å²) in [5.41, 5.74) is 3.07. The zero-order chi connectivity index (χ0) is 18.6. The van der Waals surface area contributed by atoms with Crippen molar-refractivity contribution in [2.45, 2.75) is 64.5 Å². The molecule has 0 spiro atoms. The highest BCUT2D eigenvalue weighted by Crippen LogP contribution is 2.32. The third kappa shape index (κ3) is 3.74. The van der Waals surface area contributed by atoms with Gasteiger partial charge < -0.3 is 0 Å². The molecule has 2 heterocycles. The van der Waals surface area contributed by atoms with Crippen molar-refractivity contribution in [2.24, 2.45) is 0 Å². The molecule has 0 aliphatic carbocycles. The first-order chi connectivity index (χ1) is 12.5. The van der Waals surface area contributed by atoms with Gasteiger partial charge >= 0.3 is 0 Å². The molecule has 0 saturated heterocycles. The van der Waals surface area contributed by atoms with Crippen LogP contribution in [0.5, 0.6) is 0 Å². The number of H-pyrrole nitrogens is 2. The summed E-state index contributed by atoms with van der Waals surface area (Å²) in [6, 6.07) is 9.34. The Bertz CT molecular complexity index is 720. The lowest BCUT2D eigenvalue weighted by atomic mass is 9.76. The average Bonchev–Trinajstić information content (AvgIpc) is 3.35. The van der Waals surface area contributed by atoms with E-state index in [0.717, 1.165) is 25.9 Å². The monoisotopic (exact) mass is 352 g/mol. The van der Waals surface area contributed by atoms with E-state index in [1.807, 2.05) is 25.0 Å². The predicted octanol–water partition coefficient (Wildman–Crippen LogP) is 3.65. The van der Waals surface area contributed by atoms with E-state index in [2.05, 4.69) is 83.5 Å². The summed E-state index contributed by atoms with van der Waals surface area (Å²) >= 11 is 0. The second kappa shape index (κ2) is 7.48. The van der Waals surface area contributed by atoms with Gasteiger partial charge in [-0.2, -0.15) is 0 Å². The molecule has 138 valence electrons. The Balaban J connectivity index is 1.84. The molecule has 2 unspecified atom stereocenters. The third-order valence-corrected chi connectivity index (χ3v) is 6.11. The third-order valence-electron chi connectivity index (χ3n) is 6.11. The number of benzene rings is 1. The lowest BCUT2D eigenvalue weighted by Crippen LogP contribution is -2.43. The largest absolute Gasteiger partial charge is 0.250 e. The van der Waals surface area contributed by atoms with Gasteiger partial charge in [0.15, 0.2) is 0 Å². The average molecular weight is 353 g/mol. The molecule has 0 fully saturated rings.